The summed E-state index contributed by atoms with van der Waals surface area (Å²) in [5.41, 5.74) is 5.36. The van der Waals surface area contributed by atoms with Crippen molar-refractivity contribution in [3.63, 3.8) is 0 Å². The number of hydrogen-bond donors (Lipinski definition) is 1. The fourth-order valence-electron chi connectivity index (χ4n) is 4.50. The lowest BCUT2D eigenvalue weighted by Crippen LogP contribution is -2.42. The predicted molar refractivity (Wildman–Crippen MR) is 121 cm³/mol. The molecule has 0 spiro atoms. The number of rotatable bonds is 4. The van der Waals surface area contributed by atoms with Crippen molar-refractivity contribution < 1.29 is 14.3 Å². The first-order valence-electron chi connectivity index (χ1n) is 10.6. The van der Waals surface area contributed by atoms with Crippen molar-refractivity contribution in [1.82, 2.24) is 9.88 Å². The highest BCUT2D eigenvalue weighted by atomic mass is 16.5. The van der Waals surface area contributed by atoms with Gasteiger partial charge in [-0.3, -0.25) is 9.59 Å². The number of benzene rings is 2. The van der Waals surface area contributed by atoms with Gasteiger partial charge < -0.3 is 19.4 Å². The highest BCUT2D eigenvalue weighted by molar-refractivity contribution is 5.84. The van der Waals surface area contributed by atoms with Gasteiger partial charge in [0.1, 0.15) is 0 Å². The molecule has 162 valence electrons. The van der Waals surface area contributed by atoms with Crippen LogP contribution in [0.15, 0.2) is 35.1 Å². The molecule has 1 aliphatic heterocycles. The van der Waals surface area contributed by atoms with Gasteiger partial charge in [0, 0.05) is 18.5 Å². The van der Waals surface area contributed by atoms with Gasteiger partial charge >= 0.3 is 0 Å². The topological polar surface area (TPSA) is 71.6 Å². The molecular weight excluding hydrogens is 392 g/mol. The summed E-state index contributed by atoms with van der Waals surface area (Å²) in [6.07, 6.45) is 1.07. The van der Waals surface area contributed by atoms with Crippen LogP contribution in [0, 0.1) is 13.8 Å². The molecule has 1 atom stereocenters. The van der Waals surface area contributed by atoms with Gasteiger partial charge in [-0.05, 0) is 66.1 Å². The Bertz CT molecular complexity index is 1230. The molecule has 1 aliphatic rings. The Balaban J connectivity index is 1.98. The van der Waals surface area contributed by atoms with E-state index >= 15 is 0 Å². The number of fused-ring (bicyclic) bond motifs is 2. The highest BCUT2D eigenvalue weighted by Gasteiger charge is 2.34. The number of amides is 1. The van der Waals surface area contributed by atoms with Gasteiger partial charge in [-0.15, -0.1) is 0 Å². The summed E-state index contributed by atoms with van der Waals surface area (Å²) in [4.78, 5) is 31.0. The van der Waals surface area contributed by atoms with Crippen LogP contribution in [-0.2, 0) is 11.2 Å². The number of H-pyrrole nitrogens is 1. The molecule has 0 radical (unpaired) electrons. The summed E-state index contributed by atoms with van der Waals surface area (Å²) < 4.78 is 11.0. The average Bonchev–Trinajstić information content (AvgIpc) is 2.79. The van der Waals surface area contributed by atoms with Gasteiger partial charge in [-0.25, -0.2) is 0 Å². The predicted octanol–water partition coefficient (Wildman–Crippen LogP) is 4.05. The van der Waals surface area contributed by atoms with Gasteiger partial charge in [0.15, 0.2) is 11.5 Å². The maximum absolute atomic E-state index is 13.3. The van der Waals surface area contributed by atoms with E-state index in [-0.39, 0.29) is 11.5 Å². The minimum absolute atomic E-state index is 0.0185. The summed E-state index contributed by atoms with van der Waals surface area (Å²) >= 11 is 0. The molecular formula is C25H28N2O4. The highest BCUT2D eigenvalue weighted by Crippen LogP contribution is 2.41. The van der Waals surface area contributed by atoms with Crippen LogP contribution in [-0.4, -0.2) is 36.6 Å². The van der Waals surface area contributed by atoms with Gasteiger partial charge in [0.05, 0.1) is 25.8 Å². The van der Waals surface area contributed by atoms with Crippen LogP contribution in [0.4, 0.5) is 0 Å². The number of pyridine rings is 1. The fourth-order valence-corrected chi connectivity index (χ4v) is 4.50. The smallest absolute Gasteiger partial charge is 0.254 e. The zero-order chi connectivity index (χ0) is 22.3. The molecule has 1 amide bonds. The van der Waals surface area contributed by atoms with E-state index in [0.717, 1.165) is 33.2 Å². The number of nitrogens with zero attached hydrogens (tertiary/aromatic N) is 1. The fraction of sp³-hybridized carbons (Fsp3) is 0.360. The normalized spacial score (nSPS) is 15.6. The molecule has 0 fully saturated rings. The summed E-state index contributed by atoms with van der Waals surface area (Å²) in [6, 6.07) is 9.37. The van der Waals surface area contributed by atoms with Gasteiger partial charge in [0.2, 0.25) is 5.91 Å². The molecule has 3 aromatic rings. The van der Waals surface area contributed by atoms with E-state index in [1.165, 1.54) is 0 Å². The molecule has 31 heavy (non-hydrogen) atoms. The van der Waals surface area contributed by atoms with Crippen LogP contribution in [0.2, 0.25) is 0 Å². The largest absolute Gasteiger partial charge is 0.493 e. The number of carbonyl (C=O) groups excluding carboxylic acids is 1. The Hall–Kier alpha value is -3.28. The number of methoxy groups -OCH3 is 2. The second-order valence-corrected chi connectivity index (χ2v) is 8.02. The molecule has 2 heterocycles. The lowest BCUT2D eigenvalue weighted by Gasteiger charge is -2.37. The van der Waals surface area contributed by atoms with Crippen LogP contribution in [0.3, 0.4) is 0 Å². The molecule has 1 aromatic heterocycles. The first-order valence-corrected chi connectivity index (χ1v) is 10.6. The second-order valence-electron chi connectivity index (χ2n) is 8.02. The summed E-state index contributed by atoms with van der Waals surface area (Å²) in [5.74, 6) is 1.25. The average molecular weight is 421 g/mol. The molecule has 4 rings (SSSR count). The first kappa shape index (κ1) is 21.0. The SMILES string of the molecule is CCC(=O)N1CCc2cc(OC)c(OC)cc2[C@@H]1c1cc2ccc(C)c(C)c2[nH]c1=O. The van der Waals surface area contributed by atoms with E-state index in [1.54, 1.807) is 14.2 Å². The van der Waals surface area contributed by atoms with Crippen LogP contribution in [0.5, 0.6) is 11.5 Å². The summed E-state index contributed by atoms with van der Waals surface area (Å²) in [7, 11) is 3.20. The third kappa shape index (κ3) is 3.46. The minimum Gasteiger partial charge on any atom is -0.493 e. The summed E-state index contributed by atoms with van der Waals surface area (Å²) in [5, 5.41) is 0.953. The van der Waals surface area contributed by atoms with Crippen molar-refractivity contribution in [2.75, 3.05) is 20.8 Å². The van der Waals surface area contributed by atoms with Crippen LogP contribution in [0.1, 0.15) is 47.2 Å². The molecule has 0 saturated heterocycles. The molecule has 6 heteroatoms. The Morgan fingerprint density at radius 1 is 1.10 bits per heavy atom. The number of carbonyl (C=O) groups is 1. The van der Waals surface area contributed by atoms with Crippen molar-refractivity contribution in [2.45, 2.75) is 39.7 Å². The number of aromatic nitrogens is 1. The third-order valence-corrected chi connectivity index (χ3v) is 6.37. The van der Waals surface area contributed by atoms with Crippen molar-refractivity contribution in [1.29, 1.82) is 0 Å². The Kier molecular flexibility index (Phi) is 5.48. The molecule has 0 saturated carbocycles. The van der Waals surface area contributed by atoms with Crippen molar-refractivity contribution in [3.8, 4) is 11.5 Å². The van der Waals surface area contributed by atoms with E-state index in [2.05, 4.69) is 11.1 Å². The maximum atomic E-state index is 13.3. The monoisotopic (exact) mass is 420 g/mol. The lowest BCUT2D eigenvalue weighted by atomic mass is 9.87. The Labute approximate surface area is 181 Å². The van der Waals surface area contributed by atoms with Gasteiger partial charge in [-0.1, -0.05) is 19.1 Å². The Morgan fingerprint density at radius 2 is 1.81 bits per heavy atom. The lowest BCUT2D eigenvalue weighted by molar-refractivity contribution is -0.132. The molecule has 1 N–H and O–H groups in total. The third-order valence-electron chi connectivity index (χ3n) is 6.37. The number of nitrogens with one attached hydrogen (secondary N) is 1. The standard InChI is InChI=1S/C25H28N2O4/c1-6-22(28)27-10-9-16-12-20(30-4)21(31-5)13-18(16)24(27)19-11-17-8-7-14(2)15(3)23(17)26-25(19)29/h7-8,11-13,24H,6,9-10H2,1-5H3,(H,26,29)/t24-/m1/s1. The van der Waals surface area contributed by atoms with E-state index in [4.69, 9.17) is 9.47 Å². The molecule has 6 nitrogen and oxygen atoms in total. The van der Waals surface area contributed by atoms with E-state index in [1.807, 2.05) is 49.9 Å². The molecule has 2 aromatic carbocycles. The van der Waals surface area contributed by atoms with E-state index in [9.17, 15) is 9.59 Å². The van der Waals surface area contributed by atoms with Crippen molar-refractivity contribution in [3.05, 3.63) is 68.5 Å². The minimum atomic E-state index is -0.481. The number of aromatic amines is 1. The van der Waals surface area contributed by atoms with Gasteiger partial charge in [-0.2, -0.15) is 0 Å². The molecule has 0 unspecified atom stereocenters. The zero-order valence-corrected chi connectivity index (χ0v) is 18.7. The molecule has 0 bridgehead atoms. The van der Waals surface area contributed by atoms with Gasteiger partial charge in [0.25, 0.3) is 5.56 Å². The van der Waals surface area contributed by atoms with Crippen molar-refractivity contribution >= 4 is 16.8 Å². The van der Waals surface area contributed by atoms with Crippen molar-refractivity contribution in [2.24, 2.45) is 0 Å². The summed E-state index contributed by atoms with van der Waals surface area (Å²) in [6.45, 7) is 6.43. The molecule has 0 aliphatic carbocycles. The van der Waals surface area contributed by atoms with Crippen LogP contribution in [0.25, 0.3) is 10.9 Å². The first-order chi connectivity index (χ1) is 14.9. The Morgan fingerprint density at radius 3 is 2.48 bits per heavy atom. The number of hydrogen-bond acceptors (Lipinski definition) is 4. The maximum Gasteiger partial charge on any atom is 0.254 e. The van der Waals surface area contributed by atoms with E-state index in [0.29, 0.717) is 36.4 Å². The zero-order valence-electron chi connectivity index (χ0n) is 18.7. The quantitative estimate of drug-likeness (QED) is 0.691. The number of aryl methyl sites for hydroxylation is 2. The van der Waals surface area contributed by atoms with E-state index < -0.39 is 6.04 Å². The van der Waals surface area contributed by atoms with Crippen LogP contribution < -0.4 is 15.0 Å². The second kappa shape index (κ2) is 8.10. The van der Waals surface area contributed by atoms with Crippen LogP contribution >= 0.6 is 0 Å². The number of ether oxygens (including phenoxy) is 2.